The van der Waals surface area contributed by atoms with Crippen LogP contribution in [0.4, 0.5) is 5.69 Å². The van der Waals surface area contributed by atoms with Crippen molar-refractivity contribution in [2.24, 2.45) is 17.3 Å². The van der Waals surface area contributed by atoms with Crippen molar-refractivity contribution >= 4 is 44.7 Å². The lowest BCUT2D eigenvalue weighted by Gasteiger charge is -2.40. The maximum atomic E-state index is 3.83. The van der Waals surface area contributed by atoms with Crippen molar-refractivity contribution in [1.29, 1.82) is 0 Å². The quantitative estimate of drug-likeness (QED) is 0.198. The highest BCUT2D eigenvalue weighted by molar-refractivity contribution is 6.10. The molecule has 52 heavy (non-hydrogen) atoms. The van der Waals surface area contributed by atoms with E-state index in [0.29, 0.717) is 5.92 Å². The van der Waals surface area contributed by atoms with Crippen molar-refractivity contribution in [3.8, 4) is 5.69 Å². The van der Waals surface area contributed by atoms with Gasteiger partial charge >= 0.3 is 0 Å². The normalized spacial score (nSPS) is 24.7. The zero-order valence-corrected chi connectivity index (χ0v) is 29.3. The second-order valence-corrected chi connectivity index (χ2v) is 15.4. The summed E-state index contributed by atoms with van der Waals surface area (Å²) in [7, 11) is 0. The van der Waals surface area contributed by atoms with Crippen LogP contribution in [0.15, 0.2) is 181 Å². The Hall–Kier alpha value is -6.12. The Kier molecular flexibility index (Phi) is 6.09. The number of anilines is 1. The number of nitrogens with zero attached hydrogens (tertiary/aromatic N) is 1. The van der Waals surface area contributed by atoms with Gasteiger partial charge in [0.1, 0.15) is 0 Å². The molecule has 1 heterocycles. The van der Waals surface area contributed by atoms with Gasteiger partial charge in [-0.2, -0.15) is 0 Å². The Morgan fingerprint density at radius 2 is 1.52 bits per heavy atom. The van der Waals surface area contributed by atoms with E-state index in [9.17, 15) is 0 Å². The van der Waals surface area contributed by atoms with Crippen molar-refractivity contribution in [3.63, 3.8) is 0 Å². The van der Waals surface area contributed by atoms with Gasteiger partial charge in [0.05, 0.1) is 11.0 Å². The molecule has 4 unspecified atom stereocenters. The monoisotopic (exact) mass is 666 g/mol. The first-order valence-corrected chi connectivity index (χ1v) is 18.5. The van der Waals surface area contributed by atoms with E-state index >= 15 is 0 Å². The zero-order chi connectivity index (χ0) is 34.6. The first-order chi connectivity index (χ1) is 25.5. The average Bonchev–Trinajstić information content (AvgIpc) is 3.65. The average molecular weight is 667 g/mol. The van der Waals surface area contributed by atoms with E-state index in [1.54, 1.807) is 0 Å². The lowest BCUT2D eigenvalue weighted by Crippen LogP contribution is -2.39. The predicted molar refractivity (Wildman–Crippen MR) is 218 cm³/mol. The van der Waals surface area contributed by atoms with Crippen LogP contribution >= 0.6 is 0 Å². The molecule has 5 aliphatic carbocycles. The Morgan fingerprint density at radius 3 is 2.44 bits per heavy atom. The highest BCUT2D eigenvalue weighted by Crippen LogP contribution is 2.55. The summed E-state index contributed by atoms with van der Waals surface area (Å²) in [5.74, 6) is 0.609. The molecule has 1 N–H and O–H groups in total. The molecule has 2 heteroatoms. The van der Waals surface area contributed by atoms with Crippen LogP contribution in [0, 0.1) is 17.3 Å². The van der Waals surface area contributed by atoms with E-state index in [2.05, 4.69) is 200 Å². The highest BCUT2D eigenvalue weighted by atomic mass is 15.0. The minimum absolute atomic E-state index is 0.0277. The Balaban J connectivity index is 1.01. The first kappa shape index (κ1) is 29.6. The summed E-state index contributed by atoms with van der Waals surface area (Å²) in [4.78, 5) is 0. The number of aromatic nitrogens is 1. The van der Waals surface area contributed by atoms with Crippen LogP contribution in [0.1, 0.15) is 30.5 Å². The fourth-order valence-electron chi connectivity index (χ4n) is 10.0. The SMILES string of the molecule is CC12C=C(Nc3ccc4c5ccccc5n(-c5ccccc5)c4c3)C=CC1C=CC=C2c1ccc2c(c1)=C1c3ccccc3C3(C)C=CC=C(C=2)C13. The largest absolute Gasteiger partial charge is 0.356 e. The number of para-hydroxylation sites is 2. The summed E-state index contributed by atoms with van der Waals surface area (Å²) >= 11 is 0. The fraction of sp³-hybridized carbons (Fsp3) is 0.120. The Morgan fingerprint density at radius 1 is 0.692 bits per heavy atom. The standard InChI is InChI=1S/C50H38N2/c1-49-27-11-12-34-28-32-21-22-33(29-42(32)47(48(34)49)41-17-6-8-18-44(41)49)43-19-10-13-35-23-24-37(31-50(35,43)2)51-36-25-26-40-39-16-7-9-20-45(39)52(46(40)30-36)38-14-4-3-5-15-38/h3-31,35,48,51H,1-2H3. The van der Waals surface area contributed by atoms with Crippen molar-refractivity contribution < 1.29 is 0 Å². The van der Waals surface area contributed by atoms with Gasteiger partial charge in [-0.25, -0.2) is 0 Å². The van der Waals surface area contributed by atoms with Crippen molar-refractivity contribution in [2.45, 2.75) is 19.3 Å². The molecule has 2 nitrogen and oxygen atoms in total. The summed E-state index contributed by atoms with van der Waals surface area (Å²) in [6, 6.07) is 42.4. The minimum Gasteiger partial charge on any atom is -0.356 e. The second kappa shape index (κ2) is 10.7. The third-order valence-corrected chi connectivity index (χ3v) is 12.5. The molecular weight excluding hydrogens is 629 g/mol. The van der Waals surface area contributed by atoms with Crippen LogP contribution in [-0.4, -0.2) is 4.57 Å². The number of fused-ring (bicyclic) bond motifs is 8. The molecule has 0 saturated heterocycles. The van der Waals surface area contributed by atoms with Crippen molar-refractivity contribution in [2.75, 3.05) is 5.32 Å². The van der Waals surface area contributed by atoms with Gasteiger partial charge in [-0.1, -0.05) is 141 Å². The van der Waals surface area contributed by atoms with E-state index in [1.165, 1.54) is 71.3 Å². The molecule has 1 aromatic heterocycles. The van der Waals surface area contributed by atoms with Gasteiger partial charge < -0.3 is 9.88 Å². The number of allylic oxidation sites excluding steroid dienone is 11. The fourth-order valence-corrected chi connectivity index (χ4v) is 10.0. The maximum absolute atomic E-state index is 3.83. The summed E-state index contributed by atoms with van der Waals surface area (Å²) in [6.07, 6.45) is 23.5. The van der Waals surface area contributed by atoms with Gasteiger partial charge in [0.25, 0.3) is 0 Å². The van der Waals surface area contributed by atoms with Gasteiger partial charge in [-0.3, -0.25) is 0 Å². The maximum Gasteiger partial charge on any atom is 0.0561 e. The number of hydrogen-bond acceptors (Lipinski definition) is 1. The van der Waals surface area contributed by atoms with Gasteiger partial charge in [0.2, 0.25) is 0 Å². The van der Waals surface area contributed by atoms with Gasteiger partial charge in [-0.15, -0.1) is 0 Å². The molecule has 4 atom stereocenters. The number of rotatable bonds is 4. The van der Waals surface area contributed by atoms with Crippen LogP contribution in [0.5, 0.6) is 0 Å². The topological polar surface area (TPSA) is 17.0 Å². The van der Waals surface area contributed by atoms with Crippen LogP contribution < -0.4 is 15.8 Å². The molecule has 5 aromatic carbocycles. The van der Waals surface area contributed by atoms with Gasteiger partial charge in [0.15, 0.2) is 0 Å². The van der Waals surface area contributed by atoms with Crippen LogP contribution in [0.3, 0.4) is 0 Å². The van der Waals surface area contributed by atoms with Crippen molar-refractivity contribution in [3.05, 3.63) is 208 Å². The third-order valence-electron chi connectivity index (χ3n) is 12.5. The van der Waals surface area contributed by atoms with E-state index in [0.717, 1.165) is 11.4 Å². The van der Waals surface area contributed by atoms with Crippen LogP contribution in [0.2, 0.25) is 0 Å². The summed E-state index contributed by atoms with van der Waals surface area (Å²) in [5.41, 5.74) is 13.9. The minimum atomic E-state index is -0.215. The molecule has 11 rings (SSSR count). The Bertz CT molecular complexity index is 2850. The van der Waals surface area contributed by atoms with E-state index < -0.39 is 0 Å². The number of hydrogen-bond donors (Lipinski definition) is 1. The molecule has 6 aromatic rings. The van der Waals surface area contributed by atoms with Gasteiger partial charge in [0, 0.05) is 50.5 Å². The molecule has 0 radical (unpaired) electrons. The smallest absolute Gasteiger partial charge is 0.0561 e. The predicted octanol–water partition coefficient (Wildman–Crippen LogP) is 10.3. The lowest BCUT2D eigenvalue weighted by atomic mass is 9.64. The van der Waals surface area contributed by atoms with E-state index in [1.807, 2.05) is 0 Å². The summed E-state index contributed by atoms with van der Waals surface area (Å²) in [5, 5.41) is 9.04. The van der Waals surface area contributed by atoms with E-state index in [-0.39, 0.29) is 16.7 Å². The number of nitrogens with one attached hydrogen (secondary N) is 1. The highest BCUT2D eigenvalue weighted by Gasteiger charge is 2.48. The third kappa shape index (κ3) is 4.07. The van der Waals surface area contributed by atoms with Crippen LogP contribution in [0.25, 0.3) is 44.7 Å². The molecule has 5 aliphatic rings. The first-order valence-electron chi connectivity index (χ1n) is 18.5. The summed E-state index contributed by atoms with van der Waals surface area (Å²) < 4.78 is 2.38. The molecule has 248 valence electrons. The second-order valence-electron chi connectivity index (χ2n) is 15.4. The molecule has 0 spiro atoms. The van der Waals surface area contributed by atoms with E-state index in [4.69, 9.17) is 0 Å². The van der Waals surface area contributed by atoms with Crippen LogP contribution in [-0.2, 0) is 5.41 Å². The van der Waals surface area contributed by atoms with Crippen molar-refractivity contribution in [1.82, 2.24) is 4.57 Å². The molecule has 0 fully saturated rings. The lowest BCUT2D eigenvalue weighted by molar-refractivity contribution is 0.468. The Labute approximate surface area is 304 Å². The molecule has 0 saturated carbocycles. The summed E-state index contributed by atoms with van der Waals surface area (Å²) in [6.45, 7) is 4.82. The molecule has 0 bridgehead atoms. The molecule has 0 amide bonds. The van der Waals surface area contributed by atoms with Gasteiger partial charge in [-0.05, 0) is 92.4 Å². The zero-order valence-electron chi connectivity index (χ0n) is 29.3. The molecule has 0 aliphatic heterocycles. The number of benzene rings is 5. The molecular formula is C50H38N2.